The Morgan fingerprint density at radius 1 is 1.36 bits per heavy atom. The largest absolute Gasteiger partial charge is 0.454 e. The first-order valence-electron chi connectivity index (χ1n) is 7.32. The number of benzene rings is 1. The van der Waals surface area contributed by atoms with Gasteiger partial charge in [0.1, 0.15) is 6.04 Å². The Kier molecular flexibility index (Phi) is 5.14. The summed E-state index contributed by atoms with van der Waals surface area (Å²) < 4.78 is 4.94. The molecule has 1 atom stereocenters. The van der Waals surface area contributed by atoms with Gasteiger partial charge in [-0.25, -0.2) is 4.79 Å². The fraction of sp³-hybridized carbons (Fsp3) is 0.438. The number of rotatable bonds is 5. The lowest BCUT2D eigenvalue weighted by Crippen LogP contribution is -2.36. The number of anilines is 1. The number of carbonyl (C=O) groups is 3. The Bertz CT molecular complexity index is 583. The number of hydrogen-bond donors (Lipinski definition) is 2. The van der Waals surface area contributed by atoms with E-state index in [9.17, 15) is 14.4 Å². The lowest BCUT2D eigenvalue weighted by atomic mass is 10.0. The number of amides is 2. The number of para-hydroxylation sites is 1. The molecule has 1 aliphatic rings. The summed E-state index contributed by atoms with van der Waals surface area (Å²) in [6.07, 6.45) is 0.725. The predicted octanol–water partition coefficient (Wildman–Crippen LogP) is 1.57. The zero-order valence-electron chi connectivity index (χ0n) is 12.7. The fourth-order valence-electron chi connectivity index (χ4n) is 2.33. The minimum atomic E-state index is -0.636. The molecule has 1 fully saturated rings. The molecule has 0 radical (unpaired) electrons. The van der Waals surface area contributed by atoms with E-state index in [4.69, 9.17) is 4.74 Å². The van der Waals surface area contributed by atoms with Gasteiger partial charge in [-0.2, -0.15) is 0 Å². The van der Waals surface area contributed by atoms with Crippen LogP contribution in [-0.4, -0.2) is 30.4 Å². The Labute approximate surface area is 129 Å². The van der Waals surface area contributed by atoms with Crippen LogP contribution in [0.2, 0.25) is 0 Å². The molecule has 0 spiro atoms. The number of hydrogen-bond acceptors (Lipinski definition) is 4. The third-order valence-corrected chi connectivity index (χ3v) is 3.48. The van der Waals surface area contributed by atoms with E-state index >= 15 is 0 Å². The normalized spacial score (nSPS) is 17.2. The molecule has 0 aliphatic carbocycles. The van der Waals surface area contributed by atoms with Crippen LogP contribution < -0.4 is 10.6 Å². The molecule has 2 amide bonds. The predicted molar refractivity (Wildman–Crippen MR) is 81.3 cm³/mol. The molecule has 1 aliphatic heterocycles. The summed E-state index contributed by atoms with van der Waals surface area (Å²) in [5.74, 6) is -0.867. The van der Waals surface area contributed by atoms with Crippen molar-refractivity contribution in [2.24, 2.45) is 0 Å². The van der Waals surface area contributed by atoms with Crippen LogP contribution in [0.4, 0.5) is 5.69 Å². The van der Waals surface area contributed by atoms with Gasteiger partial charge < -0.3 is 15.4 Å². The molecule has 1 aromatic rings. The van der Waals surface area contributed by atoms with Crippen molar-refractivity contribution in [2.45, 2.75) is 38.6 Å². The lowest BCUT2D eigenvalue weighted by Gasteiger charge is -2.14. The Hall–Kier alpha value is -2.37. The van der Waals surface area contributed by atoms with E-state index in [1.807, 2.05) is 38.1 Å². The molecule has 6 heteroatoms. The molecular formula is C16H20N2O4. The molecule has 1 aromatic carbocycles. The maximum atomic E-state index is 11.9. The number of ether oxygens (including phenoxy) is 1. The van der Waals surface area contributed by atoms with Gasteiger partial charge in [-0.05, 0) is 24.0 Å². The monoisotopic (exact) mass is 304 g/mol. The topological polar surface area (TPSA) is 84.5 Å². The highest BCUT2D eigenvalue weighted by molar-refractivity contribution is 5.94. The first kappa shape index (κ1) is 16.0. The Balaban J connectivity index is 1.86. The second-order valence-electron chi connectivity index (χ2n) is 5.56. The van der Waals surface area contributed by atoms with Crippen molar-refractivity contribution in [2.75, 3.05) is 11.9 Å². The summed E-state index contributed by atoms with van der Waals surface area (Å²) in [4.78, 5) is 34.6. The quantitative estimate of drug-likeness (QED) is 0.809. The smallest absolute Gasteiger partial charge is 0.329 e. The molecule has 0 bridgehead atoms. The molecule has 0 saturated carbocycles. The minimum Gasteiger partial charge on any atom is -0.454 e. The maximum absolute atomic E-state index is 11.9. The second-order valence-corrected chi connectivity index (χ2v) is 5.56. The summed E-state index contributed by atoms with van der Waals surface area (Å²) in [7, 11) is 0. The van der Waals surface area contributed by atoms with Crippen LogP contribution in [-0.2, 0) is 19.1 Å². The van der Waals surface area contributed by atoms with Crippen molar-refractivity contribution >= 4 is 23.5 Å². The van der Waals surface area contributed by atoms with E-state index in [1.54, 1.807) is 0 Å². The lowest BCUT2D eigenvalue weighted by molar-refractivity contribution is -0.149. The minimum absolute atomic E-state index is 0.169. The summed E-state index contributed by atoms with van der Waals surface area (Å²) in [5, 5.41) is 5.25. The van der Waals surface area contributed by atoms with Crippen molar-refractivity contribution in [3.05, 3.63) is 29.8 Å². The SMILES string of the molecule is CC(C)c1ccccc1NC(=O)COC(=O)[C@@H]1CCC(=O)N1. The molecule has 118 valence electrons. The highest BCUT2D eigenvalue weighted by Gasteiger charge is 2.28. The van der Waals surface area contributed by atoms with Gasteiger partial charge in [0.2, 0.25) is 5.91 Å². The summed E-state index contributed by atoms with van der Waals surface area (Å²) in [6.45, 7) is 3.71. The third-order valence-electron chi connectivity index (χ3n) is 3.48. The van der Waals surface area contributed by atoms with E-state index < -0.39 is 17.9 Å². The number of carbonyl (C=O) groups excluding carboxylic acids is 3. The second kappa shape index (κ2) is 7.06. The average Bonchev–Trinajstić information content (AvgIpc) is 2.92. The van der Waals surface area contributed by atoms with E-state index in [2.05, 4.69) is 10.6 Å². The van der Waals surface area contributed by atoms with Gasteiger partial charge in [0, 0.05) is 12.1 Å². The van der Waals surface area contributed by atoms with Gasteiger partial charge >= 0.3 is 5.97 Å². The van der Waals surface area contributed by atoms with E-state index in [0.717, 1.165) is 5.56 Å². The van der Waals surface area contributed by atoms with Gasteiger partial charge in [-0.15, -0.1) is 0 Å². The van der Waals surface area contributed by atoms with E-state index in [1.165, 1.54) is 0 Å². The fourth-order valence-corrected chi connectivity index (χ4v) is 2.33. The van der Waals surface area contributed by atoms with Crippen LogP contribution in [0, 0.1) is 0 Å². The van der Waals surface area contributed by atoms with Crippen LogP contribution in [0.1, 0.15) is 38.2 Å². The maximum Gasteiger partial charge on any atom is 0.329 e. The molecule has 2 rings (SSSR count). The van der Waals surface area contributed by atoms with Crippen molar-refractivity contribution in [1.82, 2.24) is 5.32 Å². The molecule has 0 aromatic heterocycles. The summed E-state index contributed by atoms with van der Waals surface area (Å²) in [6, 6.07) is 6.87. The van der Waals surface area contributed by atoms with Crippen LogP contribution in [0.15, 0.2) is 24.3 Å². The molecule has 1 heterocycles. The van der Waals surface area contributed by atoms with Gasteiger partial charge in [-0.3, -0.25) is 9.59 Å². The van der Waals surface area contributed by atoms with Crippen molar-refractivity contribution in [3.63, 3.8) is 0 Å². The average molecular weight is 304 g/mol. The Morgan fingerprint density at radius 3 is 2.73 bits per heavy atom. The number of esters is 1. The van der Waals surface area contributed by atoms with Crippen LogP contribution in [0.3, 0.4) is 0 Å². The Morgan fingerprint density at radius 2 is 2.09 bits per heavy atom. The molecule has 1 saturated heterocycles. The highest BCUT2D eigenvalue weighted by atomic mass is 16.5. The van der Waals surface area contributed by atoms with Crippen LogP contribution >= 0.6 is 0 Å². The van der Waals surface area contributed by atoms with Gasteiger partial charge in [0.05, 0.1) is 0 Å². The van der Waals surface area contributed by atoms with Crippen LogP contribution in [0.5, 0.6) is 0 Å². The summed E-state index contributed by atoms with van der Waals surface area (Å²) >= 11 is 0. The van der Waals surface area contributed by atoms with Crippen molar-refractivity contribution < 1.29 is 19.1 Å². The van der Waals surface area contributed by atoms with Crippen molar-refractivity contribution in [1.29, 1.82) is 0 Å². The highest BCUT2D eigenvalue weighted by Crippen LogP contribution is 2.23. The molecular weight excluding hydrogens is 284 g/mol. The van der Waals surface area contributed by atoms with Gasteiger partial charge in [0.25, 0.3) is 5.91 Å². The van der Waals surface area contributed by atoms with Crippen LogP contribution in [0.25, 0.3) is 0 Å². The molecule has 6 nitrogen and oxygen atoms in total. The zero-order valence-corrected chi connectivity index (χ0v) is 12.7. The van der Waals surface area contributed by atoms with E-state index in [-0.39, 0.29) is 18.4 Å². The van der Waals surface area contributed by atoms with E-state index in [0.29, 0.717) is 18.5 Å². The number of nitrogens with one attached hydrogen (secondary N) is 2. The van der Waals surface area contributed by atoms with Gasteiger partial charge in [-0.1, -0.05) is 32.0 Å². The zero-order chi connectivity index (χ0) is 16.1. The van der Waals surface area contributed by atoms with Gasteiger partial charge in [0.15, 0.2) is 6.61 Å². The first-order valence-corrected chi connectivity index (χ1v) is 7.32. The molecule has 2 N–H and O–H groups in total. The first-order chi connectivity index (χ1) is 10.5. The molecule has 22 heavy (non-hydrogen) atoms. The van der Waals surface area contributed by atoms with Crippen molar-refractivity contribution in [3.8, 4) is 0 Å². The third kappa shape index (κ3) is 4.07. The summed E-state index contributed by atoms with van der Waals surface area (Å²) in [5.41, 5.74) is 1.73. The standard InChI is InChI=1S/C16H20N2O4/c1-10(2)11-5-3-4-6-12(11)17-15(20)9-22-16(21)13-7-8-14(19)18-13/h3-6,10,13H,7-9H2,1-2H3,(H,17,20)(H,18,19)/t13-/m0/s1. The molecule has 0 unspecified atom stereocenters.